The van der Waals surface area contributed by atoms with Gasteiger partial charge in [-0.05, 0) is 61.7 Å². The summed E-state index contributed by atoms with van der Waals surface area (Å²) >= 11 is 17.5. The van der Waals surface area contributed by atoms with Crippen molar-refractivity contribution in [2.45, 2.75) is 225 Å². The Kier molecular flexibility index (Phi) is 59.9. The van der Waals surface area contributed by atoms with Crippen LogP contribution in [0, 0.1) is 11.8 Å². The molecule has 0 aromatic rings. The second kappa shape index (κ2) is 57.1. The topological polar surface area (TPSA) is 20.2 Å². The Balaban J connectivity index is 4.44. The van der Waals surface area contributed by atoms with Crippen LogP contribution in [-0.2, 0) is 0 Å². The van der Waals surface area contributed by atoms with E-state index in [1.165, 1.54) is 299 Å². The smallest absolute Gasteiger partial charge is 0.0709 e. The maximum atomic E-state index is 10.9. The molecular weight excluding hydrogens is 965 g/mol. The van der Waals surface area contributed by atoms with Gasteiger partial charge < -0.3 is 5.11 Å². The lowest BCUT2D eigenvalue weighted by Crippen LogP contribution is -2.27. The maximum absolute atomic E-state index is 10.9. The third-order valence-electron chi connectivity index (χ3n) is 12.5. The van der Waals surface area contributed by atoms with Crippen molar-refractivity contribution in [3.63, 3.8) is 0 Å². The molecule has 0 fully saturated rings. The van der Waals surface area contributed by atoms with E-state index in [0.717, 1.165) is 24.0 Å². The van der Waals surface area contributed by atoms with Crippen LogP contribution in [0.4, 0.5) is 0 Å². The molecule has 0 spiro atoms. The number of aliphatic hydroxyl groups is 1. The molecule has 0 saturated carbocycles. The predicted molar refractivity (Wildman–Crippen MR) is 331 cm³/mol. The molecule has 0 aliphatic heterocycles. The Morgan fingerprint density at radius 1 is 0.344 bits per heavy atom. The van der Waals surface area contributed by atoms with Gasteiger partial charge in [-0.25, -0.2) is 0 Å². The summed E-state index contributed by atoms with van der Waals surface area (Å²) in [5, 5.41) is 10.9. The largest absolute Gasteiger partial charge is 0.389 e. The number of hydrogen-bond donors (Lipinski definition) is 1. The minimum Gasteiger partial charge on any atom is -0.389 e. The lowest BCUT2D eigenvalue weighted by molar-refractivity contribution is 0.0730. The van der Waals surface area contributed by atoms with Crippen molar-refractivity contribution >= 4 is 115 Å². The number of rotatable bonds is 57. The second-order valence-corrected chi connectivity index (χ2v) is 30.6. The van der Waals surface area contributed by atoms with E-state index >= 15 is 0 Å². The summed E-state index contributed by atoms with van der Waals surface area (Å²) in [4.78, 5) is 0. The molecule has 0 heterocycles. The van der Waals surface area contributed by atoms with Crippen LogP contribution in [-0.4, -0.2) is 123 Å². The standard InChI is InChI=1S/C53H112OS8Si2/c1-4-6-8-10-21-27-33-55-34-35-56-36-37-57-40-44-61-49-52(31-25-19-15-11-13-17-22-28-46-63)51(30-24-9-7-5-2)48-60-43-41-58-38-39-59-42-45-62-50-53(3,54)32-26-20-16-12-14-18-23-29-47-64/h51-52,54H,4-50H2,1-3,63-64H3. The first-order valence-electron chi connectivity index (χ1n) is 27.8. The van der Waals surface area contributed by atoms with E-state index in [0.29, 0.717) is 0 Å². The fourth-order valence-electron chi connectivity index (χ4n) is 8.31. The highest BCUT2D eigenvalue weighted by Crippen LogP contribution is 2.32. The molecule has 0 radical (unpaired) electrons. The van der Waals surface area contributed by atoms with Gasteiger partial charge in [0.15, 0.2) is 0 Å². The Hall–Kier alpha value is 3.19. The van der Waals surface area contributed by atoms with Crippen molar-refractivity contribution in [3.05, 3.63) is 0 Å². The van der Waals surface area contributed by atoms with Gasteiger partial charge in [0.1, 0.15) is 0 Å². The third kappa shape index (κ3) is 53.0. The third-order valence-corrected chi connectivity index (χ3v) is 24.2. The van der Waals surface area contributed by atoms with Gasteiger partial charge in [-0.3, -0.25) is 0 Å². The zero-order chi connectivity index (χ0) is 46.5. The van der Waals surface area contributed by atoms with Crippen LogP contribution in [0.1, 0.15) is 207 Å². The average molecular weight is 1080 g/mol. The Morgan fingerprint density at radius 3 is 1.05 bits per heavy atom. The van der Waals surface area contributed by atoms with E-state index in [2.05, 4.69) is 103 Å². The first-order chi connectivity index (χ1) is 31.5. The second-order valence-electron chi connectivity index (χ2n) is 19.1. The van der Waals surface area contributed by atoms with Crippen molar-refractivity contribution in [2.75, 3.05) is 92.0 Å². The summed E-state index contributed by atoms with van der Waals surface area (Å²) in [6, 6.07) is 2.97. The van der Waals surface area contributed by atoms with Crippen molar-refractivity contribution in [1.29, 1.82) is 0 Å². The van der Waals surface area contributed by atoms with Gasteiger partial charge in [0.05, 0.1) is 5.60 Å². The van der Waals surface area contributed by atoms with Gasteiger partial charge >= 0.3 is 0 Å². The predicted octanol–water partition coefficient (Wildman–Crippen LogP) is 16.8. The van der Waals surface area contributed by atoms with Crippen molar-refractivity contribution in [3.8, 4) is 0 Å². The van der Waals surface area contributed by atoms with Crippen LogP contribution in [0.3, 0.4) is 0 Å². The lowest BCUT2D eigenvalue weighted by Gasteiger charge is -2.27. The first kappa shape index (κ1) is 67.2. The Labute approximate surface area is 444 Å². The summed E-state index contributed by atoms with van der Waals surface area (Å²) in [5.41, 5.74) is -0.487. The molecule has 1 nitrogen and oxygen atoms in total. The fraction of sp³-hybridized carbons (Fsp3) is 1.00. The summed E-state index contributed by atoms with van der Waals surface area (Å²) < 4.78 is 0. The van der Waals surface area contributed by atoms with Gasteiger partial charge in [0.2, 0.25) is 0 Å². The van der Waals surface area contributed by atoms with E-state index in [-0.39, 0.29) is 0 Å². The van der Waals surface area contributed by atoms with Gasteiger partial charge in [0.25, 0.3) is 0 Å². The molecule has 0 bridgehead atoms. The number of unbranched alkanes of at least 4 members (excludes halogenated alkanes) is 22. The highest BCUT2D eigenvalue weighted by molar-refractivity contribution is 8.06. The Morgan fingerprint density at radius 2 is 0.641 bits per heavy atom. The summed E-state index contributed by atoms with van der Waals surface area (Å²) in [6.07, 6.45) is 41.0. The minimum atomic E-state index is -0.487. The van der Waals surface area contributed by atoms with Gasteiger partial charge in [-0.1, -0.05) is 186 Å². The van der Waals surface area contributed by atoms with Gasteiger partial charge in [-0.15, -0.1) is 0 Å². The van der Waals surface area contributed by atoms with E-state index in [9.17, 15) is 5.11 Å². The molecule has 11 heteroatoms. The quantitative estimate of drug-likeness (QED) is 0.0471. The van der Waals surface area contributed by atoms with Crippen LogP contribution < -0.4 is 0 Å². The maximum Gasteiger partial charge on any atom is 0.0709 e. The molecule has 3 unspecified atom stereocenters. The summed E-state index contributed by atoms with van der Waals surface area (Å²) in [6.45, 7) is 6.75. The zero-order valence-electron chi connectivity index (χ0n) is 43.6. The molecule has 0 rings (SSSR count). The van der Waals surface area contributed by atoms with Crippen LogP contribution in [0.2, 0.25) is 12.1 Å². The monoisotopic (exact) mass is 1080 g/mol. The highest BCUT2D eigenvalue weighted by Gasteiger charge is 2.22. The van der Waals surface area contributed by atoms with E-state index in [1.807, 2.05) is 11.8 Å². The molecule has 0 aliphatic rings. The molecule has 0 aromatic heterocycles. The lowest BCUT2D eigenvalue weighted by atomic mass is 9.86. The molecule has 0 saturated heterocycles. The molecular formula is C53H112OS8Si2. The molecule has 3 atom stereocenters. The van der Waals surface area contributed by atoms with Gasteiger partial charge in [-0.2, -0.15) is 94.1 Å². The van der Waals surface area contributed by atoms with Crippen LogP contribution in [0.15, 0.2) is 0 Å². The van der Waals surface area contributed by atoms with E-state index in [4.69, 9.17) is 0 Å². The average Bonchev–Trinajstić information content (AvgIpc) is 3.29. The molecule has 386 valence electrons. The van der Waals surface area contributed by atoms with Gasteiger partial charge in [0, 0.05) is 95.3 Å². The normalized spacial score (nSPS) is 13.9. The first-order valence-corrected chi connectivity index (χ1v) is 39.9. The molecule has 0 amide bonds. The number of hydrogen-bond acceptors (Lipinski definition) is 9. The molecule has 0 aromatic carbocycles. The molecule has 0 aliphatic carbocycles. The zero-order valence-corrected chi connectivity index (χ0v) is 54.1. The van der Waals surface area contributed by atoms with Crippen LogP contribution in [0.25, 0.3) is 0 Å². The van der Waals surface area contributed by atoms with E-state index < -0.39 is 5.60 Å². The Bertz CT molecular complexity index is 863. The number of thioether (sulfide) groups is 8. The minimum absolute atomic E-state index is 0.487. The highest BCUT2D eigenvalue weighted by atomic mass is 32.2. The van der Waals surface area contributed by atoms with Crippen LogP contribution >= 0.6 is 94.1 Å². The summed E-state index contributed by atoms with van der Waals surface area (Å²) in [7, 11) is 2.77. The van der Waals surface area contributed by atoms with E-state index in [1.54, 1.807) is 0 Å². The van der Waals surface area contributed by atoms with Crippen LogP contribution in [0.5, 0.6) is 0 Å². The van der Waals surface area contributed by atoms with Crippen molar-refractivity contribution < 1.29 is 5.11 Å². The van der Waals surface area contributed by atoms with Crippen molar-refractivity contribution in [1.82, 2.24) is 0 Å². The molecule has 1 N–H and O–H groups in total. The summed E-state index contributed by atoms with van der Waals surface area (Å²) in [5.74, 6) is 22.6. The SMILES string of the molecule is CCCCCCCCSCCSCCSCCSCC(CCCCCCCCCC[SiH3])C(CCCCCC)CSCCSCCSCCSCC(C)(O)CCCCCCCCCC[SiH3]. The van der Waals surface area contributed by atoms with Crippen molar-refractivity contribution in [2.24, 2.45) is 11.8 Å². The fourth-order valence-corrected chi connectivity index (χ4v) is 18.9. The molecule has 64 heavy (non-hydrogen) atoms.